The third-order valence-corrected chi connectivity index (χ3v) is 2.65. The molecule has 0 N–H and O–H groups in total. The van der Waals surface area contributed by atoms with Gasteiger partial charge in [0.05, 0.1) is 11.5 Å². The fourth-order valence-electron chi connectivity index (χ4n) is 1.66. The van der Waals surface area contributed by atoms with E-state index >= 15 is 0 Å². The summed E-state index contributed by atoms with van der Waals surface area (Å²) in [6, 6.07) is 0. The molecule has 0 aliphatic heterocycles. The Morgan fingerprint density at radius 3 is 2.92 bits per heavy atom. The van der Waals surface area contributed by atoms with Crippen molar-refractivity contribution in [3.05, 3.63) is 12.7 Å². The minimum Gasteiger partial charge on any atom is -0.377 e. The van der Waals surface area contributed by atoms with Gasteiger partial charge < -0.3 is 4.74 Å². The number of rotatable bonds is 4. The van der Waals surface area contributed by atoms with Crippen molar-refractivity contribution in [1.82, 2.24) is 0 Å². The van der Waals surface area contributed by atoms with Crippen LogP contribution >= 0.6 is 0 Å². The second-order valence-corrected chi connectivity index (χ2v) is 3.48. The summed E-state index contributed by atoms with van der Waals surface area (Å²) in [5, 5.41) is 0. The summed E-state index contributed by atoms with van der Waals surface area (Å²) in [6.45, 7) is 8.25. The largest absolute Gasteiger partial charge is 0.377 e. The smallest absolute Gasteiger partial charge is 0.144 e. The Labute approximate surface area is 73.6 Å². The summed E-state index contributed by atoms with van der Waals surface area (Å²) in [7, 11) is 0. The standard InChI is InChI=1S/C10H16O2/c1-4-6-10(3)8(11)7-9(10)12-5-2/h4,9H,1,5-7H2,2-3H3/t9-,10+/m0/s1. The van der Waals surface area contributed by atoms with Crippen LogP contribution < -0.4 is 0 Å². The molecule has 1 aliphatic carbocycles. The van der Waals surface area contributed by atoms with Crippen LogP contribution in [0.3, 0.4) is 0 Å². The van der Waals surface area contributed by atoms with E-state index in [0.717, 1.165) is 6.42 Å². The first-order valence-corrected chi connectivity index (χ1v) is 4.41. The van der Waals surface area contributed by atoms with Gasteiger partial charge >= 0.3 is 0 Å². The van der Waals surface area contributed by atoms with E-state index in [2.05, 4.69) is 6.58 Å². The van der Waals surface area contributed by atoms with Crippen LogP contribution in [0.15, 0.2) is 12.7 Å². The van der Waals surface area contributed by atoms with Gasteiger partial charge in [0.2, 0.25) is 0 Å². The van der Waals surface area contributed by atoms with Gasteiger partial charge in [-0.15, -0.1) is 6.58 Å². The van der Waals surface area contributed by atoms with E-state index in [1.807, 2.05) is 13.8 Å². The maximum absolute atomic E-state index is 11.3. The summed E-state index contributed by atoms with van der Waals surface area (Å²) in [5.41, 5.74) is -0.280. The van der Waals surface area contributed by atoms with E-state index in [-0.39, 0.29) is 11.5 Å². The third kappa shape index (κ3) is 1.31. The second kappa shape index (κ2) is 3.40. The van der Waals surface area contributed by atoms with E-state index < -0.39 is 0 Å². The molecule has 0 spiro atoms. The number of allylic oxidation sites excluding steroid dienone is 1. The number of carbonyl (C=O) groups excluding carboxylic acids is 1. The summed E-state index contributed by atoms with van der Waals surface area (Å²) in [4.78, 5) is 11.3. The lowest BCUT2D eigenvalue weighted by Crippen LogP contribution is -2.53. The lowest BCUT2D eigenvalue weighted by molar-refractivity contribution is -0.159. The van der Waals surface area contributed by atoms with Gasteiger partial charge in [0.25, 0.3) is 0 Å². The number of ether oxygens (including phenoxy) is 1. The first-order chi connectivity index (χ1) is 5.65. The fourth-order valence-corrected chi connectivity index (χ4v) is 1.66. The van der Waals surface area contributed by atoms with E-state index in [0.29, 0.717) is 18.8 Å². The fraction of sp³-hybridized carbons (Fsp3) is 0.700. The van der Waals surface area contributed by atoms with Crippen LogP contribution in [0.1, 0.15) is 26.7 Å². The highest BCUT2D eigenvalue weighted by molar-refractivity contribution is 5.92. The van der Waals surface area contributed by atoms with Gasteiger partial charge in [0.1, 0.15) is 5.78 Å². The Kier molecular flexibility index (Phi) is 2.68. The average Bonchev–Trinajstić information content (AvgIpc) is 2.05. The molecule has 0 aromatic rings. The Balaban J connectivity index is 2.58. The topological polar surface area (TPSA) is 26.3 Å². The van der Waals surface area contributed by atoms with Crippen LogP contribution in [-0.2, 0) is 9.53 Å². The summed E-state index contributed by atoms with van der Waals surface area (Å²) in [5.74, 6) is 0.306. The predicted octanol–water partition coefficient (Wildman–Crippen LogP) is 1.95. The first kappa shape index (κ1) is 9.46. The zero-order chi connectivity index (χ0) is 9.19. The molecule has 1 saturated carbocycles. The number of Topliss-reactive ketones (excluding diaryl/α,β-unsaturated/α-hetero) is 1. The molecule has 0 amide bonds. The lowest BCUT2D eigenvalue weighted by Gasteiger charge is -2.44. The summed E-state index contributed by atoms with van der Waals surface area (Å²) < 4.78 is 5.45. The van der Waals surface area contributed by atoms with Crippen molar-refractivity contribution in [2.45, 2.75) is 32.8 Å². The molecule has 0 bridgehead atoms. The molecule has 2 atom stereocenters. The molecule has 2 heteroatoms. The Bertz CT molecular complexity index is 198. The summed E-state index contributed by atoms with van der Waals surface area (Å²) in [6.07, 6.45) is 3.23. The number of hydrogen-bond acceptors (Lipinski definition) is 2. The van der Waals surface area contributed by atoms with E-state index in [4.69, 9.17) is 4.74 Å². The van der Waals surface area contributed by atoms with Crippen molar-refractivity contribution in [2.75, 3.05) is 6.61 Å². The van der Waals surface area contributed by atoms with Crippen LogP contribution in [0.5, 0.6) is 0 Å². The molecule has 0 unspecified atom stereocenters. The SMILES string of the molecule is C=CC[C@]1(C)C(=O)C[C@@H]1OCC. The first-order valence-electron chi connectivity index (χ1n) is 4.41. The van der Waals surface area contributed by atoms with Crippen molar-refractivity contribution < 1.29 is 9.53 Å². The number of ketones is 1. The third-order valence-electron chi connectivity index (χ3n) is 2.65. The van der Waals surface area contributed by atoms with Gasteiger partial charge in [-0.3, -0.25) is 4.79 Å². The molecule has 2 nitrogen and oxygen atoms in total. The van der Waals surface area contributed by atoms with Crippen molar-refractivity contribution in [3.63, 3.8) is 0 Å². The highest BCUT2D eigenvalue weighted by atomic mass is 16.5. The van der Waals surface area contributed by atoms with Crippen LogP contribution in [0.2, 0.25) is 0 Å². The Hall–Kier alpha value is -0.630. The average molecular weight is 168 g/mol. The molecule has 68 valence electrons. The highest BCUT2D eigenvalue weighted by Gasteiger charge is 2.50. The zero-order valence-corrected chi connectivity index (χ0v) is 7.80. The Morgan fingerprint density at radius 2 is 2.50 bits per heavy atom. The van der Waals surface area contributed by atoms with Gasteiger partial charge in [-0.1, -0.05) is 6.08 Å². The van der Waals surface area contributed by atoms with Crippen LogP contribution in [0, 0.1) is 5.41 Å². The van der Waals surface area contributed by atoms with Crippen LogP contribution in [0.4, 0.5) is 0 Å². The van der Waals surface area contributed by atoms with Gasteiger partial charge in [-0.25, -0.2) is 0 Å². The highest BCUT2D eigenvalue weighted by Crippen LogP contribution is 2.42. The molecule has 1 fully saturated rings. The molecular weight excluding hydrogens is 152 g/mol. The van der Waals surface area contributed by atoms with Gasteiger partial charge in [-0.05, 0) is 20.3 Å². The minimum atomic E-state index is -0.280. The van der Waals surface area contributed by atoms with Crippen molar-refractivity contribution >= 4 is 5.78 Å². The molecule has 0 aromatic heterocycles. The van der Waals surface area contributed by atoms with Gasteiger partial charge in [-0.2, -0.15) is 0 Å². The molecule has 0 heterocycles. The summed E-state index contributed by atoms with van der Waals surface area (Å²) >= 11 is 0. The van der Waals surface area contributed by atoms with Gasteiger partial charge in [0.15, 0.2) is 0 Å². The van der Waals surface area contributed by atoms with E-state index in [9.17, 15) is 4.79 Å². The normalized spacial score (nSPS) is 34.5. The van der Waals surface area contributed by atoms with Crippen LogP contribution in [-0.4, -0.2) is 18.5 Å². The molecule has 0 aromatic carbocycles. The van der Waals surface area contributed by atoms with Crippen molar-refractivity contribution in [1.29, 1.82) is 0 Å². The molecule has 1 rings (SSSR count). The monoisotopic (exact) mass is 168 g/mol. The second-order valence-electron chi connectivity index (χ2n) is 3.48. The molecule has 0 saturated heterocycles. The number of hydrogen-bond donors (Lipinski definition) is 0. The molecule has 1 aliphatic rings. The molecular formula is C10H16O2. The minimum absolute atomic E-state index is 0.119. The van der Waals surface area contributed by atoms with Crippen molar-refractivity contribution in [3.8, 4) is 0 Å². The van der Waals surface area contributed by atoms with Gasteiger partial charge in [0, 0.05) is 13.0 Å². The Morgan fingerprint density at radius 1 is 1.83 bits per heavy atom. The number of carbonyl (C=O) groups is 1. The maximum atomic E-state index is 11.3. The molecule has 0 radical (unpaired) electrons. The van der Waals surface area contributed by atoms with Crippen LogP contribution in [0.25, 0.3) is 0 Å². The van der Waals surface area contributed by atoms with Crippen molar-refractivity contribution in [2.24, 2.45) is 5.41 Å². The lowest BCUT2D eigenvalue weighted by atomic mass is 9.64. The van der Waals surface area contributed by atoms with E-state index in [1.54, 1.807) is 6.08 Å². The zero-order valence-electron chi connectivity index (χ0n) is 7.80. The maximum Gasteiger partial charge on any atom is 0.144 e. The van der Waals surface area contributed by atoms with E-state index in [1.165, 1.54) is 0 Å². The predicted molar refractivity (Wildman–Crippen MR) is 48.0 cm³/mol. The quantitative estimate of drug-likeness (QED) is 0.600. The molecule has 12 heavy (non-hydrogen) atoms.